The number of carbonyl (C=O) groups excluding carboxylic acids is 1. The molecule has 3 aromatic carbocycles. The smallest absolute Gasteiger partial charge is 0.155 e. The molecule has 37 heavy (non-hydrogen) atoms. The van der Waals surface area contributed by atoms with Gasteiger partial charge in [-0.1, -0.05) is 68.1 Å². The van der Waals surface area contributed by atoms with Crippen molar-refractivity contribution < 1.29 is 30.0 Å². The predicted octanol–water partition coefficient (Wildman–Crippen LogP) is 8.04. The number of rotatable bonds is 2. The van der Waals surface area contributed by atoms with E-state index in [1.165, 1.54) is 47.2 Å². The Labute approximate surface area is 231 Å². The number of aromatic nitrogens is 2. The maximum Gasteiger partial charge on any atom is 0.155 e. The van der Waals surface area contributed by atoms with Gasteiger partial charge in [0.2, 0.25) is 0 Å². The molecule has 0 amide bonds. The van der Waals surface area contributed by atoms with Gasteiger partial charge in [-0.3, -0.25) is 14.8 Å². The van der Waals surface area contributed by atoms with Crippen LogP contribution in [0, 0.1) is 13.0 Å². The van der Waals surface area contributed by atoms with E-state index in [4.69, 9.17) is 15.1 Å². The number of allylic oxidation sites excluding steroid dienone is 2. The van der Waals surface area contributed by atoms with Gasteiger partial charge >= 0.3 is 0 Å². The van der Waals surface area contributed by atoms with Crippen LogP contribution in [0.3, 0.4) is 0 Å². The van der Waals surface area contributed by atoms with E-state index in [9.17, 15) is 4.79 Å². The SMILES string of the molecule is CC(=O)/C=C(/C)O.Cc1cnc(-c2[c-]c3ccccc3c(C(C)(C)C)c2)c2cnc3ccccc3c12.[Ir]. The summed E-state index contributed by atoms with van der Waals surface area (Å²) in [6, 6.07) is 22.7. The molecule has 191 valence electrons. The van der Waals surface area contributed by atoms with E-state index in [-0.39, 0.29) is 37.1 Å². The number of hydrogen-bond donors (Lipinski definition) is 1. The van der Waals surface area contributed by atoms with Gasteiger partial charge in [-0.25, -0.2) is 0 Å². The average Bonchev–Trinajstić information content (AvgIpc) is 2.82. The third-order valence-corrected chi connectivity index (χ3v) is 6.06. The summed E-state index contributed by atoms with van der Waals surface area (Å²) in [5.41, 5.74) is 5.48. The molecule has 1 N–H and O–H groups in total. The number of ketones is 1. The molecule has 0 fully saturated rings. The van der Waals surface area contributed by atoms with Gasteiger partial charge in [-0.05, 0) is 48.6 Å². The number of benzene rings is 3. The van der Waals surface area contributed by atoms with E-state index < -0.39 is 0 Å². The van der Waals surface area contributed by atoms with Gasteiger partial charge in [-0.15, -0.1) is 29.1 Å². The van der Waals surface area contributed by atoms with Crippen molar-refractivity contribution in [1.82, 2.24) is 9.97 Å². The maximum absolute atomic E-state index is 10.0. The van der Waals surface area contributed by atoms with Crippen LogP contribution in [0.15, 0.2) is 78.8 Å². The van der Waals surface area contributed by atoms with Crippen LogP contribution in [-0.4, -0.2) is 20.9 Å². The Morgan fingerprint density at radius 1 is 0.919 bits per heavy atom. The molecule has 0 aliphatic heterocycles. The third-order valence-electron chi connectivity index (χ3n) is 6.06. The fourth-order valence-corrected chi connectivity index (χ4v) is 4.53. The molecule has 2 aromatic heterocycles. The summed E-state index contributed by atoms with van der Waals surface area (Å²) in [5.74, 6) is -0.0625. The molecular formula is C32H31IrN2O2-. The van der Waals surface area contributed by atoms with Crippen molar-refractivity contribution in [2.45, 2.75) is 47.0 Å². The Morgan fingerprint density at radius 3 is 2.19 bits per heavy atom. The number of carbonyl (C=O) groups is 1. The van der Waals surface area contributed by atoms with Gasteiger partial charge in [0.15, 0.2) is 5.78 Å². The first kappa shape index (κ1) is 28.2. The van der Waals surface area contributed by atoms with Crippen molar-refractivity contribution in [2.75, 3.05) is 0 Å². The van der Waals surface area contributed by atoms with Gasteiger partial charge in [0.05, 0.1) is 11.3 Å². The summed E-state index contributed by atoms with van der Waals surface area (Å²) in [5, 5.41) is 14.2. The number of aryl methyl sites for hydroxylation is 1. The van der Waals surface area contributed by atoms with Gasteiger partial charge in [0, 0.05) is 49.7 Å². The summed E-state index contributed by atoms with van der Waals surface area (Å²) in [6.07, 6.45) is 5.11. The number of nitrogens with zero attached hydrogens (tertiary/aromatic N) is 2. The molecule has 0 bridgehead atoms. The van der Waals surface area contributed by atoms with Crippen LogP contribution in [0.4, 0.5) is 0 Å². The van der Waals surface area contributed by atoms with E-state index >= 15 is 0 Å². The number of hydrogen-bond acceptors (Lipinski definition) is 4. The van der Waals surface area contributed by atoms with Gasteiger partial charge in [0.25, 0.3) is 0 Å². The fraction of sp³-hybridized carbons (Fsp3) is 0.219. The van der Waals surface area contributed by atoms with Crippen molar-refractivity contribution >= 4 is 38.2 Å². The molecule has 4 nitrogen and oxygen atoms in total. The zero-order valence-electron chi connectivity index (χ0n) is 22.0. The summed E-state index contributed by atoms with van der Waals surface area (Å²) in [6.45, 7) is 11.7. The van der Waals surface area contributed by atoms with E-state index in [2.05, 4.69) is 82.3 Å². The van der Waals surface area contributed by atoms with E-state index in [0.717, 1.165) is 27.5 Å². The minimum atomic E-state index is -0.125. The molecular weight excluding hydrogens is 637 g/mol. The van der Waals surface area contributed by atoms with Crippen LogP contribution in [0.2, 0.25) is 0 Å². The molecule has 1 radical (unpaired) electrons. The molecule has 2 heterocycles. The molecule has 5 aromatic rings. The van der Waals surface area contributed by atoms with Gasteiger partial charge in [0.1, 0.15) is 0 Å². The topological polar surface area (TPSA) is 63.1 Å². The second kappa shape index (κ2) is 11.3. The molecule has 0 aliphatic carbocycles. The first-order chi connectivity index (χ1) is 17.1. The summed E-state index contributed by atoms with van der Waals surface area (Å²) >= 11 is 0. The van der Waals surface area contributed by atoms with Crippen molar-refractivity contribution in [3.63, 3.8) is 0 Å². The van der Waals surface area contributed by atoms with Gasteiger partial charge < -0.3 is 5.11 Å². The van der Waals surface area contributed by atoms with E-state index in [0.29, 0.717) is 0 Å². The maximum atomic E-state index is 10.0. The first-order valence-corrected chi connectivity index (χ1v) is 12.0. The monoisotopic (exact) mass is 668 g/mol. The molecule has 0 aliphatic rings. The second-order valence-electron chi connectivity index (χ2n) is 10.1. The minimum Gasteiger partial charge on any atom is -0.512 e. The molecule has 0 saturated heterocycles. The summed E-state index contributed by atoms with van der Waals surface area (Å²) < 4.78 is 0. The number of aliphatic hydroxyl groups excluding tert-OH is 1. The molecule has 5 heteroatoms. The zero-order valence-corrected chi connectivity index (χ0v) is 24.4. The predicted molar refractivity (Wildman–Crippen MR) is 149 cm³/mol. The quantitative estimate of drug-likeness (QED) is 0.0896. The Bertz CT molecular complexity index is 1630. The van der Waals surface area contributed by atoms with Crippen LogP contribution in [0.5, 0.6) is 0 Å². The minimum absolute atomic E-state index is 0. The van der Waals surface area contributed by atoms with Crippen LogP contribution in [0.1, 0.15) is 45.7 Å². The van der Waals surface area contributed by atoms with Crippen LogP contribution >= 0.6 is 0 Å². The number of pyridine rings is 2. The zero-order chi connectivity index (χ0) is 26.0. The number of para-hydroxylation sites is 1. The number of aliphatic hydroxyl groups is 1. The molecule has 0 atom stereocenters. The summed E-state index contributed by atoms with van der Waals surface area (Å²) in [4.78, 5) is 19.6. The third kappa shape index (κ3) is 6.12. The molecule has 0 spiro atoms. The Morgan fingerprint density at radius 2 is 1.57 bits per heavy atom. The molecule has 0 saturated carbocycles. The Hall–Kier alpha value is -3.40. The van der Waals surface area contributed by atoms with Crippen molar-refractivity contribution in [3.05, 3.63) is 96.0 Å². The summed E-state index contributed by atoms with van der Waals surface area (Å²) in [7, 11) is 0. The first-order valence-electron chi connectivity index (χ1n) is 12.0. The average molecular weight is 668 g/mol. The van der Waals surface area contributed by atoms with Crippen molar-refractivity contribution in [3.8, 4) is 11.3 Å². The van der Waals surface area contributed by atoms with E-state index in [1.807, 2.05) is 18.5 Å². The van der Waals surface area contributed by atoms with Gasteiger partial charge in [-0.2, -0.15) is 0 Å². The van der Waals surface area contributed by atoms with Crippen molar-refractivity contribution in [1.29, 1.82) is 0 Å². The Balaban J connectivity index is 0.000000422. The largest absolute Gasteiger partial charge is 0.512 e. The van der Waals surface area contributed by atoms with E-state index in [1.54, 1.807) is 0 Å². The standard InChI is InChI=1S/C27H23N2.C5H8O2.Ir/c1-17-15-29-26(22-16-28-24-12-8-7-11-21(24)25(17)22)19-13-18-9-5-6-10-20(18)23(14-19)27(2,3)4;1-4(6)3-5(2)7;/h5-12,14-16H,1-4H3;3,6H,1-2H3;/q-1;;/b;4-3-;. The Kier molecular flexibility index (Phi) is 8.63. The second-order valence-corrected chi connectivity index (χ2v) is 10.1. The van der Waals surface area contributed by atoms with Crippen LogP contribution < -0.4 is 0 Å². The van der Waals surface area contributed by atoms with Crippen LogP contribution in [-0.2, 0) is 30.3 Å². The number of fused-ring (bicyclic) bond motifs is 4. The van der Waals surface area contributed by atoms with Crippen molar-refractivity contribution in [2.24, 2.45) is 0 Å². The van der Waals surface area contributed by atoms with Crippen LogP contribution in [0.25, 0.3) is 43.7 Å². The molecule has 5 rings (SSSR count). The fourth-order valence-electron chi connectivity index (χ4n) is 4.53. The molecule has 0 unspecified atom stereocenters. The normalized spacial score (nSPS) is 11.7.